The first-order valence-electron chi connectivity index (χ1n) is 8.87. The molecule has 1 heterocycles. The van der Waals surface area contributed by atoms with Gasteiger partial charge in [-0.1, -0.05) is 30.3 Å². The summed E-state index contributed by atoms with van der Waals surface area (Å²) in [5.74, 6) is 0.550. The fraction of sp³-hybridized carbons (Fsp3) is 0.190. The van der Waals surface area contributed by atoms with Gasteiger partial charge in [0.15, 0.2) is 11.5 Å². The fourth-order valence-electron chi connectivity index (χ4n) is 2.84. The molecule has 3 rings (SSSR count). The molecule has 0 bridgehead atoms. The van der Waals surface area contributed by atoms with Gasteiger partial charge in [-0.3, -0.25) is 19.0 Å². The largest absolute Gasteiger partial charge is 0.493 e. The zero-order chi connectivity index (χ0) is 20.8. The van der Waals surface area contributed by atoms with E-state index in [1.165, 1.54) is 31.2 Å². The van der Waals surface area contributed by atoms with E-state index in [-0.39, 0.29) is 13.1 Å². The summed E-state index contributed by atoms with van der Waals surface area (Å²) in [5.41, 5.74) is -0.0581. The van der Waals surface area contributed by atoms with E-state index in [1.54, 1.807) is 18.2 Å². The predicted octanol–water partition coefficient (Wildman–Crippen LogP) is 1.71. The number of benzene rings is 2. The Kier molecular flexibility index (Phi) is 6.13. The van der Waals surface area contributed by atoms with Crippen LogP contribution < -0.4 is 25.9 Å². The van der Waals surface area contributed by atoms with Crippen molar-refractivity contribution < 1.29 is 14.3 Å². The van der Waals surface area contributed by atoms with Crippen LogP contribution >= 0.6 is 0 Å². The average Bonchev–Trinajstić information content (AvgIpc) is 2.74. The molecule has 3 aromatic rings. The van der Waals surface area contributed by atoms with E-state index in [1.807, 2.05) is 30.3 Å². The number of rotatable bonds is 7. The second kappa shape index (κ2) is 8.92. The lowest BCUT2D eigenvalue weighted by Crippen LogP contribution is -2.42. The van der Waals surface area contributed by atoms with Crippen LogP contribution in [0.1, 0.15) is 5.56 Å². The van der Waals surface area contributed by atoms with Gasteiger partial charge in [-0.2, -0.15) is 0 Å². The van der Waals surface area contributed by atoms with Crippen LogP contribution in [0, 0.1) is 0 Å². The van der Waals surface area contributed by atoms with Crippen molar-refractivity contribution in [3.63, 3.8) is 0 Å². The van der Waals surface area contributed by atoms with Gasteiger partial charge in [-0.05, 0) is 17.7 Å². The molecule has 0 radical (unpaired) electrons. The summed E-state index contributed by atoms with van der Waals surface area (Å²) >= 11 is 0. The first-order chi connectivity index (χ1) is 14.0. The lowest BCUT2D eigenvalue weighted by atomic mass is 10.2. The highest BCUT2D eigenvalue weighted by Crippen LogP contribution is 2.29. The number of nitrogens with zero attached hydrogens (tertiary/aromatic N) is 2. The van der Waals surface area contributed by atoms with Gasteiger partial charge in [0.2, 0.25) is 5.91 Å². The Balaban J connectivity index is 1.73. The van der Waals surface area contributed by atoms with Crippen molar-refractivity contribution in [3.8, 4) is 11.5 Å². The lowest BCUT2D eigenvalue weighted by molar-refractivity contribution is -0.116. The van der Waals surface area contributed by atoms with E-state index in [4.69, 9.17) is 9.47 Å². The lowest BCUT2D eigenvalue weighted by Gasteiger charge is -2.12. The summed E-state index contributed by atoms with van der Waals surface area (Å²) in [5, 5.41) is 2.67. The third-order valence-electron chi connectivity index (χ3n) is 4.31. The van der Waals surface area contributed by atoms with Crippen molar-refractivity contribution in [1.29, 1.82) is 0 Å². The molecule has 8 nitrogen and oxygen atoms in total. The summed E-state index contributed by atoms with van der Waals surface area (Å²) in [4.78, 5) is 37.0. The molecule has 1 amide bonds. The SMILES string of the molecule is COc1ccc(NC(=O)Cn2ccn(Cc3ccccc3)c(=O)c2=O)cc1OC. The highest BCUT2D eigenvalue weighted by molar-refractivity contribution is 5.90. The minimum Gasteiger partial charge on any atom is -0.493 e. The molecule has 1 aromatic heterocycles. The van der Waals surface area contributed by atoms with Crippen molar-refractivity contribution in [3.05, 3.63) is 87.2 Å². The molecule has 0 saturated carbocycles. The van der Waals surface area contributed by atoms with Crippen LogP contribution in [0.4, 0.5) is 5.69 Å². The molecule has 0 saturated heterocycles. The van der Waals surface area contributed by atoms with E-state index in [0.717, 1.165) is 10.1 Å². The van der Waals surface area contributed by atoms with Crippen LogP contribution in [0.25, 0.3) is 0 Å². The molecule has 0 aliphatic carbocycles. The van der Waals surface area contributed by atoms with E-state index < -0.39 is 17.0 Å². The van der Waals surface area contributed by atoms with Gasteiger partial charge < -0.3 is 19.4 Å². The monoisotopic (exact) mass is 395 g/mol. The predicted molar refractivity (Wildman–Crippen MR) is 109 cm³/mol. The van der Waals surface area contributed by atoms with Crippen molar-refractivity contribution in [2.45, 2.75) is 13.1 Å². The first kappa shape index (κ1) is 19.9. The van der Waals surface area contributed by atoms with Crippen LogP contribution in [-0.4, -0.2) is 29.3 Å². The Morgan fingerprint density at radius 1 is 0.897 bits per heavy atom. The second-order valence-corrected chi connectivity index (χ2v) is 6.27. The maximum absolute atomic E-state index is 12.4. The summed E-state index contributed by atoms with van der Waals surface area (Å²) in [7, 11) is 3.01. The molecule has 0 aliphatic heterocycles. The molecule has 0 fully saturated rings. The molecular weight excluding hydrogens is 374 g/mol. The number of anilines is 1. The fourth-order valence-corrected chi connectivity index (χ4v) is 2.84. The molecule has 150 valence electrons. The Bertz CT molecular complexity index is 1120. The molecule has 0 atom stereocenters. The Labute approximate surface area is 166 Å². The first-order valence-corrected chi connectivity index (χ1v) is 8.87. The van der Waals surface area contributed by atoms with E-state index in [2.05, 4.69) is 5.32 Å². The molecule has 0 unspecified atom stereocenters. The Morgan fingerprint density at radius 2 is 1.55 bits per heavy atom. The third-order valence-corrected chi connectivity index (χ3v) is 4.31. The molecule has 2 aromatic carbocycles. The van der Waals surface area contributed by atoms with Crippen LogP contribution in [0.5, 0.6) is 11.5 Å². The molecule has 0 aliphatic rings. The third kappa shape index (κ3) is 4.73. The van der Waals surface area contributed by atoms with E-state index in [0.29, 0.717) is 17.2 Å². The number of hydrogen-bond donors (Lipinski definition) is 1. The standard InChI is InChI=1S/C21H21N3O5/c1-28-17-9-8-16(12-18(17)29-2)22-19(25)14-24-11-10-23(20(26)21(24)27)13-15-6-4-3-5-7-15/h3-12H,13-14H2,1-2H3,(H,22,25). The minimum absolute atomic E-state index is 0.283. The quantitative estimate of drug-likeness (QED) is 0.615. The summed E-state index contributed by atoms with van der Waals surface area (Å²) in [6.45, 7) is 0.00217. The number of ether oxygens (including phenoxy) is 2. The number of hydrogen-bond acceptors (Lipinski definition) is 5. The topological polar surface area (TPSA) is 91.6 Å². The minimum atomic E-state index is -0.758. The number of carbonyl (C=O) groups is 1. The highest BCUT2D eigenvalue weighted by atomic mass is 16.5. The van der Waals surface area contributed by atoms with Crippen molar-refractivity contribution in [2.75, 3.05) is 19.5 Å². The van der Waals surface area contributed by atoms with Crippen molar-refractivity contribution >= 4 is 11.6 Å². The van der Waals surface area contributed by atoms with Crippen molar-refractivity contribution in [2.24, 2.45) is 0 Å². The van der Waals surface area contributed by atoms with Crippen LogP contribution in [0.2, 0.25) is 0 Å². The zero-order valence-electron chi connectivity index (χ0n) is 16.1. The van der Waals surface area contributed by atoms with Crippen LogP contribution in [-0.2, 0) is 17.9 Å². The summed E-state index contributed by atoms with van der Waals surface area (Å²) < 4.78 is 12.8. The summed E-state index contributed by atoms with van der Waals surface area (Å²) in [6, 6.07) is 14.3. The smallest absolute Gasteiger partial charge is 0.316 e. The van der Waals surface area contributed by atoms with Crippen LogP contribution in [0.15, 0.2) is 70.5 Å². The molecule has 8 heteroatoms. The van der Waals surface area contributed by atoms with Gasteiger partial charge in [0.1, 0.15) is 6.54 Å². The number of nitrogens with one attached hydrogen (secondary N) is 1. The van der Waals surface area contributed by atoms with Gasteiger partial charge in [0.05, 0.1) is 20.8 Å². The Hall–Kier alpha value is -3.81. The average molecular weight is 395 g/mol. The number of amides is 1. The second-order valence-electron chi connectivity index (χ2n) is 6.27. The molecule has 0 spiro atoms. The van der Waals surface area contributed by atoms with E-state index in [9.17, 15) is 14.4 Å². The van der Waals surface area contributed by atoms with Gasteiger partial charge in [0.25, 0.3) is 0 Å². The van der Waals surface area contributed by atoms with Gasteiger partial charge in [-0.25, -0.2) is 0 Å². The number of carbonyl (C=O) groups excluding carboxylic acids is 1. The number of methoxy groups -OCH3 is 2. The normalized spacial score (nSPS) is 10.4. The van der Waals surface area contributed by atoms with Crippen LogP contribution in [0.3, 0.4) is 0 Å². The van der Waals surface area contributed by atoms with Gasteiger partial charge >= 0.3 is 11.1 Å². The summed E-state index contributed by atoms with van der Waals surface area (Å²) in [6.07, 6.45) is 2.93. The highest BCUT2D eigenvalue weighted by Gasteiger charge is 2.11. The van der Waals surface area contributed by atoms with Crippen molar-refractivity contribution in [1.82, 2.24) is 9.13 Å². The molecule has 29 heavy (non-hydrogen) atoms. The van der Waals surface area contributed by atoms with E-state index >= 15 is 0 Å². The molecule has 1 N–H and O–H groups in total. The van der Waals surface area contributed by atoms with Gasteiger partial charge in [-0.15, -0.1) is 0 Å². The number of aromatic nitrogens is 2. The molecular formula is C21H21N3O5. The zero-order valence-corrected chi connectivity index (χ0v) is 16.1. The maximum Gasteiger partial charge on any atom is 0.316 e. The van der Waals surface area contributed by atoms with Gasteiger partial charge in [0, 0.05) is 24.1 Å². The Morgan fingerprint density at radius 3 is 2.24 bits per heavy atom. The maximum atomic E-state index is 12.4.